The molecule has 2 amide bonds. The van der Waals surface area contributed by atoms with Crippen molar-refractivity contribution >= 4 is 17.8 Å². The third-order valence-corrected chi connectivity index (χ3v) is 7.72. The molecule has 1 aromatic heterocycles. The molecular formula is C34H40N4O5. The summed E-state index contributed by atoms with van der Waals surface area (Å²) >= 11 is 0. The number of nitrogens with zero attached hydrogens (tertiary/aromatic N) is 4. The lowest BCUT2D eigenvalue weighted by Crippen LogP contribution is -2.50. The number of likely N-dealkylation sites (tertiary alicyclic amines) is 1. The summed E-state index contributed by atoms with van der Waals surface area (Å²) in [5.41, 5.74) is 3.28. The van der Waals surface area contributed by atoms with E-state index in [0.29, 0.717) is 55.9 Å². The number of methoxy groups -OCH3 is 1. The molecule has 5 rings (SSSR count). The van der Waals surface area contributed by atoms with Gasteiger partial charge in [0.2, 0.25) is 0 Å². The van der Waals surface area contributed by atoms with E-state index in [-0.39, 0.29) is 29.9 Å². The second-order valence-electron chi connectivity index (χ2n) is 12.4. The molecule has 1 saturated carbocycles. The van der Waals surface area contributed by atoms with Gasteiger partial charge in [0.05, 0.1) is 12.2 Å². The number of rotatable bonds is 9. The van der Waals surface area contributed by atoms with Gasteiger partial charge in [-0.15, -0.1) is 0 Å². The fourth-order valence-corrected chi connectivity index (χ4v) is 5.46. The van der Waals surface area contributed by atoms with E-state index in [0.717, 1.165) is 29.5 Å². The Morgan fingerprint density at radius 1 is 0.884 bits per heavy atom. The molecule has 9 heteroatoms. The van der Waals surface area contributed by atoms with E-state index in [2.05, 4.69) is 9.97 Å². The van der Waals surface area contributed by atoms with Gasteiger partial charge in [0.1, 0.15) is 5.60 Å². The smallest absolute Gasteiger partial charge is 0.410 e. The maximum absolute atomic E-state index is 13.6. The van der Waals surface area contributed by atoms with Gasteiger partial charge in [-0.1, -0.05) is 48.5 Å². The van der Waals surface area contributed by atoms with E-state index >= 15 is 0 Å². The van der Waals surface area contributed by atoms with Crippen LogP contribution < -0.4 is 0 Å². The molecule has 2 fully saturated rings. The van der Waals surface area contributed by atoms with Crippen molar-refractivity contribution in [2.24, 2.45) is 0 Å². The van der Waals surface area contributed by atoms with E-state index in [1.165, 1.54) is 0 Å². The third kappa shape index (κ3) is 7.84. The monoisotopic (exact) mass is 584 g/mol. The third-order valence-electron chi connectivity index (χ3n) is 7.72. The van der Waals surface area contributed by atoms with Gasteiger partial charge in [0, 0.05) is 62.2 Å². The number of hydrogen-bond acceptors (Lipinski definition) is 7. The Morgan fingerprint density at radius 3 is 2.12 bits per heavy atom. The summed E-state index contributed by atoms with van der Waals surface area (Å²) in [5.74, 6) is 0.451. The molecule has 1 aliphatic carbocycles. The lowest BCUT2D eigenvalue weighted by atomic mass is 10.0. The van der Waals surface area contributed by atoms with Crippen LogP contribution in [0.1, 0.15) is 78.3 Å². The average molecular weight is 585 g/mol. The van der Waals surface area contributed by atoms with Crippen molar-refractivity contribution in [1.82, 2.24) is 19.8 Å². The molecule has 2 aliphatic rings. The Balaban J connectivity index is 1.20. The van der Waals surface area contributed by atoms with Gasteiger partial charge >= 0.3 is 6.09 Å². The quantitative estimate of drug-likeness (QED) is 0.297. The van der Waals surface area contributed by atoms with Crippen LogP contribution in [0, 0.1) is 0 Å². The summed E-state index contributed by atoms with van der Waals surface area (Å²) in [6.45, 7) is 7.21. The lowest BCUT2D eigenvalue weighted by Gasteiger charge is -2.39. The molecule has 2 aromatic carbocycles. The van der Waals surface area contributed by atoms with Crippen molar-refractivity contribution in [3.05, 3.63) is 83.2 Å². The van der Waals surface area contributed by atoms with Gasteiger partial charge in [-0.05, 0) is 57.6 Å². The predicted octanol–water partition coefficient (Wildman–Crippen LogP) is 5.72. The Hall–Kier alpha value is -4.11. The molecule has 3 aromatic rings. The predicted molar refractivity (Wildman–Crippen MR) is 163 cm³/mol. The minimum atomic E-state index is -0.535. The normalized spacial score (nSPS) is 15.7. The van der Waals surface area contributed by atoms with Crippen molar-refractivity contribution in [1.29, 1.82) is 0 Å². The Bertz CT molecular complexity index is 1440. The van der Waals surface area contributed by atoms with E-state index in [1.54, 1.807) is 36.5 Å². The van der Waals surface area contributed by atoms with Crippen molar-refractivity contribution in [3.8, 4) is 11.4 Å². The number of Topliss-reactive ketones (excluding diaryl/α,β-unsaturated/α-hetero) is 1. The van der Waals surface area contributed by atoms with Gasteiger partial charge < -0.3 is 19.3 Å². The van der Waals surface area contributed by atoms with E-state index in [1.807, 2.05) is 62.1 Å². The van der Waals surface area contributed by atoms with Crippen LogP contribution in [0.2, 0.25) is 0 Å². The summed E-state index contributed by atoms with van der Waals surface area (Å²) < 4.78 is 10.7. The largest absolute Gasteiger partial charge is 0.444 e. The first-order chi connectivity index (χ1) is 20.6. The maximum atomic E-state index is 13.6. The molecule has 1 aliphatic heterocycles. The summed E-state index contributed by atoms with van der Waals surface area (Å²) in [6, 6.07) is 15.4. The topological polar surface area (TPSA) is 102 Å². The molecule has 0 bridgehead atoms. The summed E-state index contributed by atoms with van der Waals surface area (Å²) in [5, 5.41) is 0. The molecule has 9 nitrogen and oxygen atoms in total. The van der Waals surface area contributed by atoms with Gasteiger partial charge in [-0.25, -0.2) is 14.8 Å². The molecule has 0 radical (unpaired) electrons. The van der Waals surface area contributed by atoms with E-state index in [9.17, 15) is 14.4 Å². The van der Waals surface area contributed by atoms with Crippen molar-refractivity contribution < 1.29 is 23.9 Å². The van der Waals surface area contributed by atoms with Crippen LogP contribution in [0.5, 0.6) is 0 Å². The first kappa shape index (κ1) is 30.4. The molecule has 0 N–H and O–H groups in total. The van der Waals surface area contributed by atoms with Crippen LogP contribution >= 0.6 is 0 Å². The number of piperidine rings is 1. The molecule has 0 atom stereocenters. The summed E-state index contributed by atoms with van der Waals surface area (Å²) in [6.07, 6.45) is 6.57. The van der Waals surface area contributed by atoms with Gasteiger partial charge in [-0.3, -0.25) is 9.59 Å². The zero-order valence-corrected chi connectivity index (χ0v) is 25.4. The fraction of sp³-hybridized carbons (Fsp3) is 0.441. The highest BCUT2D eigenvalue weighted by Gasteiger charge is 2.40. The summed E-state index contributed by atoms with van der Waals surface area (Å²) in [7, 11) is 1.65. The number of carbonyl (C=O) groups excluding carboxylic acids is 3. The average Bonchev–Trinajstić information content (AvgIpc) is 3.82. The zero-order valence-electron chi connectivity index (χ0n) is 25.4. The number of amides is 2. The molecule has 0 unspecified atom stereocenters. The number of hydrogen-bond donors (Lipinski definition) is 0. The maximum Gasteiger partial charge on any atom is 0.410 e. The first-order valence-electron chi connectivity index (χ1n) is 14.9. The van der Waals surface area contributed by atoms with Crippen LogP contribution in [0.25, 0.3) is 11.4 Å². The van der Waals surface area contributed by atoms with Crippen LogP contribution in [-0.2, 0) is 22.5 Å². The van der Waals surface area contributed by atoms with Crippen LogP contribution in [0.15, 0.2) is 60.9 Å². The van der Waals surface area contributed by atoms with E-state index < -0.39 is 5.60 Å². The highest BCUT2D eigenvalue weighted by Crippen LogP contribution is 2.33. The SMILES string of the molecule is COCc1cccc(CC(=O)c2ccc(-c3ncc(C(=O)N(C4CC4)C4CCN(C(=O)OC(C)(C)C)CC4)cn3)cc2)c1. The Labute approximate surface area is 253 Å². The zero-order chi connectivity index (χ0) is 30.6. The van der Waals surface area contributed by atoms with Gasteiger partial charge in [-0.2, -0.15) is 0 Å². The van der Waals surface area contributed by atoms with E-state index in [4.69, 9.17) is 9.47 Å². The van der Waals surface area contributed by atoms with Crippen LogP contribution in [0.4, 0.5) is 4.79 Å². The van der Waals surface area contributed by atoms with Crippen molar-refractivity contribution in [2.45, 2.75) is 77.2 Å². The second kappa shape index (κ2) is 13.0. The Kier molecular flexibility index (Phi) is 9.20. The number of ether oxygens (including phenoxy) is 2. The van der Waals surface area contributed by atoms with Crippen LogP contribution in [-0.4, -0.2) is 75.4 Å². The molecule has 43 heavy (non-hydrogen) atoms. The lowest BCUT2D eigenvalue weighted by molar-refractivity contribution is 0.0142. The van der Waals surface area contributed by atoms with Crippen molar-refractivity contribution in [2.75, 3.05) is 20.2 Å². The number of aromatic nitrogens is 2. The highest BCUT2D eigenvalue weighted by molar-refractivity contribution is 5.98. The molecule has 0 spiro atoms. The minimum absolute atomic E-state index is 0.0278. The second-order valence-corrected chi connectivity index (χ2v) is 12.4. The number of carbonyl (C=O) groups is 3. The van der Waals surface area contributed by atoms with Crippen LogP contribution in [0.3, 0.4) is 0 Å². The Morgan fingerprint density at radius 2 is 1.51 bits per heavy atom. The summed E-state index contributed by atoms with van der Waals surface area (Å²) in [4.78, 5) is 51.7. The number of ketones is 1. The standard InChI is InChI=1S/C34H40N4O5/c1-34(2,3)43-33(41)37-16-14-29(15-17-37)38(28-12-13-28)32(40)27-20-35-31(36-21-27)26-10-8-25(9-11-26)30(39)19-23-6-5-7-24(18-23)22-42-4/h5-11,18,20-21,28-29H,12-17,19,22H2,1-4H3. The molecular weight excluding hydrogens is 544 g/mol. The molecule has 2 heterocycles. The number of benzene rings is 2. The first-order valence-corrected chi connectivity index (χ1v) is 14.9. The molecule has 226 valence electrons. The fourth-order valence-electron chi connectivity index (χ4n) is 5.46. The minimum Gasteiger partial charge on any atom is -0.444 e. The van der Waals surface area contributed by atoms with Crippen molar-refractivity contribution in [3.63, 3.8) is 0 Å². The highest BCUT2D eigenvalue weighted by atomic mass is 16.6. The van der Waals surface area contributed by atoms with Gasteiger partial charge in [0.25, 0.3) is 5.91 Å². The van der Waals surface area contributed by atoms with Gasteiger partial charge in [0.15, 0.2) is 11.6 Å². The molecule has 1 saturated heterocycles.